The fourth-order valence-electron chi connectivity index (χ4n) is 1.58. The predicted octanol–water partition coefficient (Wildman–Crippen LogP) is 1.12. The Labute approximate surface area is 113 Å². The maximum atomic E-state index is 11.8. The molecule has 0 atom stereocenters. The fourth-order valence-corrected chi connectivity index (χ4v) is 1.58. The molecule has 0 aliphatic carbocycles. The molecule has 0 bridgehead atoms. The number of hydrogen-bond acceptors (Lipinski definition) is 4. The number of carbonyl (C=O) groups excluding carboxylic acids is 2. The molecule has 104 valence electrons. The van der Waals surface area contributed by atoms with Crippen LogP contribution in [0.3, 0.4) is 0 Å². The van der Waals surface area contributed by atoms with Crippen LogP contribution in [0, 0.1) is 0 Å². The predicted molar refractivity (Wildman–Crippen MR) is 73.2 cm³/mol. The lowest BCUT2D eigenvalue weighted by molar-refractivity contribution is -0.121. The summed E-state index contributed by atoms with van der Waals surface area (Å²) in [5, 5.41) is 2.63. The molecule has 0 aliphatic heterocycles. The molecule has 0 saturated carbocycles. The van der Waals surface area contributed by atoms with Crippen LogP contribution >= 0.6 is 0 Å². The highest BCUT2D eigenvalue weighted by Gasteiger charge is 2.09. The lowest BCUT2D eigenvalue weighted by atomic mass is 10.1. The minimum atomic E-state index is -0.148. The normalized spacial score (nSPS) is 10.0. The monoisotopic (exact) mass is 264 g/mol. The Morgan fingerprint density at radius 3 is 2.47 bits per heavy atom. The number of ether oxygens (including phenoxy) is 1. The second-order valence-electron chi connectivity index (χ2n) is 4.02. The van der Waals surface area contributed by atoms with Crippen molar-refractivity contribution in [3.05, 3.63) is 29.8 Å². The molecule has 5 nitrogen and oxygen atoms in total. The smallest absolute Gasteiger partial charge is 0.220 e. The van der Waals surface area contributed by atoms with Crippen molar-refractivity contribution in [1.82, 2.24) is 5.32 Å². The van der Waals surface area contributed by atoms with E-state index in [1.54, 1.807) is 24.3 Å². The summed E-state index contributed by atoms with van der Waals surface area (Å²) in [6.45, 7) is 3.34. The van der Waals surface area contributed by atoms with Gasteiger partial charge in [-0.25, -0.2) is 0 Å². The van der Waals surface area contributed by atoms with E-state index in [2.05, 4.69) is 5.32 Å². The molecule has 1 aromatic carbocycles. The number of ketones is 1. The summed E-state index contributed by atoms with van der Waals surface area (Å²) < 4.78 is 5.30. The van der Waals surface area contributed by atoms with Gasteiger partial charge in [-0.2, -0.15) is 0 Å². The minimum absolute atomic E-state index is 0.0500. The molecule has 0 aromatic heterocycles. The van der Waals surface area contributed by atoms with Crippen LogP contribution in [0.25, 0.3) is 0 Å². The second kappa shape index (κ2) is 8.26. The van der Waals surface area contributed by atoms with E-state index in [0.717, 1.165) is 5.75 Å². The molecule has 0 fully saturated rings. The summed E-state index contributed by atoms with van der Waals surface area (Å²) in [7, 11) is 0. The number of benzene rings is 1. The van der Waals surface area contributed by atoms with Crippen molar-refractivity contribution in [2.24, 2.45) is 5.73 Å². The van der Waals surface area contributed by atoms with Gasteiger partial charge in [0.25, 0.3) is 0 Å². The molecule has 3 N–H and O–H groups in total. The molecule has 0 saturated heterocycles. The zero-order valence-corrected chi connectivity index (χ0v) is 11.1. The van der Waals surface area contributed by atoms with Crippen molar-refractivity contribution in [2.45, 2.75) is 19.8 Å². The van der Waals surface area contributed by atoms with E-state index < -0.39 is 0 Å². The fraction of sp³-hybridized carbons (Fsp3) is 0.429. The Morgan fingerprint density at radius 2 is 1.89 bits per heavy atom. The third-order valence-corrected chi connectivity index (χ3v) is 2.53. The molecule has 0 unspecified atom stereocenters. The Balaban J connectivity index is 2.42. The molecule has 1 amide bonds. The van der Waals surface area contributed by atoms with E-state index >= 15 is 0 Å². The maximum Gasteiger partial charge on any atom is 0.220 e. The lowest BCUT2D eigenvalue weighted by Gasteiger charge is -2.05. The molecule has 0 spiro atoms. The van der Waals surface area contributed by atoms with Crippen molar-refractivity contribution in [3.8, 4) is 5.75 Å². The van der Waals surface area contributed by atoms with E-state index in [0.29, 0.717) is 25.3 Å². The number of nitrogens with two attached hydrogens (primary N) is 1. The highest BCUT2D eigenvalue weighted by Crippen LogP contribution is 2.13. The van der Waals surface area contributed by atoms with Gasteiger partial charge in [-0.15, -0.1) is 0 Å². The van der Waals surface area contributed by atoms with Gasteiger partial charge in [-0.1, -0.05) is 0 Å². The van der Waals surface area contributed by atoms with Gasteiger partial charge in [0.15, 0.2) is 5.78 Å². The van der Waals surface area contributed by atoms with Crippen LogP contribution < -0.4 is 15.8 Å². The number of hydrogen-bond donors (Lipinski definition) is 2. The van der Waals surface area contributed by atoms with Gasteiger partial charge in [-0.05, 0) is 31.2 Å². The molecular formula is C14H20N2O3. The third kappa shape index (κ3) is 5.52. The van der Waals surface area contributed by atoms with Gasteiger partial charge in [0, 0.05) is 31.5 Å². The number of amides is 1. The number of nitrogens with one attached hydrogen (secondary N) is 1. The SMILES string of the molecule is CCOc1ccc(C(=O)CCC(=O)NCCN)cc1. The maximum absolute atomic E-state index is 11.8. The number of Topliss-reactive ketones (excluding diaryl/α,β-unsaturated/α-hetero) is 1. The van der Waals surface area contributed by atoms with Crippen LogP contribution in [-0.2, 0) is 4.79 Å². The molecule has 1 aromatic rings. The first-order valence-corrected chi connectivity index (χ1v) is 6.40. The Hall–Kier alpha value is -1.88. The first-order chi connectivity index (χ1) is 9.17. The first-order valence-electron chi connectivity index (χ1n) is 6.40. The van der Waals surface area contributed by atoms with E-state index in [4.69, 9.17) is 10.5 Å². The Kier molecular flexibility index (Phi) is 6.60. The van der Waals surface area contributed by atoms with Crippen LogP contribution in [0.15, 0.2) is 24.3 Å². The molecular weight excluding hydrogens is 244 g/mol. The Bertz CT molecular complexity index is 415. The zero-order chi connectivity index (χ0) is 14.1. The minimum Gasteiger partial charge on any atom is -0.494 e. The molecule has 0 aliphatic rings. The summed E-state index contributed by atoms with van der Waals surface area (Å²) in [5.74, 6) is 0.537. The number of rotatable bonds is 8. The van der Waals surface area contributed by atoms with Crippen molar-refractivity contribution >= 4 is 11.7 Å². The molecule has 0 heterocycles. The van der Waals surface area contributed by atoms with Gasteiger partial charge in [0.1, 0.15) is 5.75 Å². The van der Waals surface area contributed by atoms with Gasteiger partial charge >= 0.3 is 0 Å². The van der Waals surface area contributed by atoms with E-state index in [1.807, 2.05) is 6.92 Å². The standard InChI is InChI=1S/C14H20N2O3/c1-2-19-12-5-3-11(4-6-12)13(17)7-8-14(18)16-10-9-15/h3-6H,2,7-10,15H2,1H3,(H,16,18). The quantitative estimate of drug-likeness (QED) is 0.689. The molecule has 19 heavy (non-hydrogen) atoms. The topological polar surface area (TPSA) is 81.4 Å². The highest BCUT2D eigenvalue weighted by molar-refractivity contribution is 5.98. The second-order valence-corrected chi connectivity index (χ2v) is 4.02. The zero-order valence-electron chi connectivity index (χ0n) is 11.1. The number of carbonyl (C=O) groups is 2. The van der Waals surface area contributed by atoms with Crippen LogP contribution in [0.2, 0.25) is 0 Å². The van der Waals surface area contributed by atoms with Crippen molar-refractivity contribution < 1.29 is 14.3 Å². The van der Waals surface area contributed by atoms with E-state index in [-0.39, 0.29) is 24.5 Å². The summed E-state index contributed by atoms with van der Waals surface area (Å²) in [6, 6.07) is 6.94. The molecule has 0 radical (unpaired) electrons. The van der Waals surface area contributed by atoms with Gasteiger partial charge in [-0.3, -0.25) is 9.59 Å². The third-order valence-electron chi connectivity index (χ3n) is 2.53. The molecule has 5 heteroatoms. The summed E-state index contributed by atoms with van der Waals surface area (Å²) in [4.78, 5) is 23.2. The summed E-state index contributed by atoms with van der Waals surface area (Å²) in [5.41, 5.74) is 5.86. The van der Waals surface area contributed by atoms with Gasteiger partial charge in [0.2, 0.25) is 5.91 Å². The lowest BCUT2D eigenvalue weighted by Crippen LogP contribution is -2.29. The molecule has 1 rings (SSSR count). The van der Waals surface area contributed by atoms with E-state index in [1.165, 1.54) is 0 Å². The Morgan fingerprint density at radius 1 is 1.21 bits per heavy atom. The van der Waals surface area contributed by atoms with Crippen LogP contribution in [0.4, 0.5) is 0 Å². The van der Waals surface area contributed by atoms with Crippen LogP contribution in [-0.4, -0.2) is 31.4 Å². The van der Waals surface area contributed by atoms with Crippen LogP contribution in [0.5, 0.6) is 5.75 Å². The van der Waals surface area contributed by atoms with Crippen molar-refractivity contribution in [2.75, 3.05) is 19.7 Å². The highest BCUT2D eigenvalue weighted by atomic mass is 16.5. The summed E-state index contributed by atoms with van der Waals surface area (Å²) >= 11 is 0. The van der Waals surface area contributed by atoms with Gasteiger partial charge < -0.3 is 15.8 Å². The largest absolute Gasteiger partial charge is 0.494 e. The average molecular weight is 264 g/mol. The van der Waals surface area contributed by atoms with E-state index in [9.17, 15) is 9.59 Å². The average Bonchev–Trinajstić information content (AvgIpc) is 2.43. The van der Waals surface area contributed by atoms with Crippen LogP contribution in [0.1, 0.15) is 30.1 Å². The van der Waals surface area contributed by atoms with Crippen molar-refractivity contribution in [3.63, 3.8) is 0 Å². The first kappa shape index (κ1) is 15.2. The van der Waals surface area contributed by atoms with Crippen molar-refractivity contribution in [1.29, 1.82) is 0 Å². The summed E-state index contributed by atoms with van der Waals surface area (Å²) in [6.07, 6.45) is 0.385. The van der Waals surface area contributed by atoms with Gasteiger partial charge in [0.05, 0.1) is 6.61 Å².